The molecule has 0 radical (unpaired) electrons. The number of pyridine rings is 2. The normalized spacial score (nSPS) is 14.8. The van der Waals surface area contributed by atoms with Gasteiger partial charge in [-0.1, -0.05) is 13.0 Å². The third kappa shape index (κ3) is 4.66. The van der Waals surface area contributed by atoms with Gasteiger partial charge in [0.05, 0.1) is 36.0 Å². The van der Waals surface area contributed by atoms with Crippen LogP contribution in [-0.4, -0.2) is 53.2 Å². The van der Waals surface area contributed by atoms with E-state index in [4.69, 9.17) is 0 Å². The second kappa shape index (κ2) is 9.92. The van der Waals surface area contributed by atoms with Crippen molar-refractivity contribution in [1.29, 1.82) is 5.26 Å². The molecule has 0 bridgehead atoms. The molecule has 202 valence electrons. The second-order valence-electron chi connectivity index (χ2n) is 10.3. The minimum absolute atomic E-state index is 0.0123. The number of halogens is 1. The van der Waals surface area contributed by atoms with Crippen LogP contribution < -0.4 is 10.2 Å². The summed E-state index contributed by atoms with van der Waals surface area (Å²) >= 11 is 0. The van der Waals surface area contributed by atoms with Crippen molar-refractivity contribution in [1.82, 2.24) is 39.5 Å². The highest BCUT2D eigenvalue weighted by Crippen LogP contribution is 2.37. The summed E-state index contributed by atoms with van der Waals surface area (Å²) in [6.07, 6.45) is 12.6. The number of amides is 1. The number of nitriles is 1. The lowest BCUT2D eigenvalue weighted by Crippen LogP contribution is -2.47. The van der Waals surface area contributed by atoms with Gasteiger partial charge < -0.3 is 10.2 Å². The fraction of sp³-hybridized carbons (Fsp3) is 0.286. The second-order valence-corrected chi connectivity index (χ2v) is 10.3. The minimum Gasteiger partial charge on any atom is -0.370 e. The van der Waals surface area contributed by atoms with Gasteiger partial charge >= 0.3 is 0 Å². The van der Waals surface area contributed by atoms with Gasteiger partial charge in [0.25, 0.3) is 0 Å². The van der Waals surface area contributed by atoms with Crippen LogP contribution >= 0.6 is 0 Å². The van der Waals surface area contributed by atoms with Gasteiger partial charge in [-0.15, -0.1) is 0 Å². The Hall–Kier alpha value is -5.05. The van der Waals surface area contributed by atoms with Crippen LogP contribution in [-0.2, 0) is 18.4 Å². The monoisotopic (exact) mass is 538 g/mol. The number of carbonyl (C=O) groups excluding carboxylic acids is 1. The van der Waals surface area contributed by atoms with Gasteiger partial charge in [-0.2, -0.15) is 20.6 Å². The van der Waals surface area contributed by atoms with E-state index in [2.05, 4.69) is 42.6 Å². The lowest BCUT2D eigenvalue weighted by atomic mass is 9.79. The average Bonchev–Trinajstić information content (AvgIpc) is 3.71. The van der Waals surface area contributed by atoms with Crippen molar-refractivity contribution in [3.8, 4) is 23.0 Å². The average molecular weight is 539 g/mol. The van der Waals surface area contributed by atoms with Crippen LogP contribution in [0, 0.1) is 22.6 Å². The van der Waals surface area contributed by atoms with Crippen LogP contribution in [0.4, 0.5) is 10.1 Å². The van der Waals surface area contributed by atoms with Crippen molar-refractivity contribution >= 4 is 17.1 Å². The highest BCUT2D eigenvalue weighted by Gasteiger charge is 2.37. The van der Waals surface area contributed by atoms with Crippen molar-refractivity contribution in [3.05, 3.63) is 78.5 Å². The molecule has 40 heavy (non-hydrogen) atoms. The highest BCUT2D eigenvalue weighted by atomic mass is 19.1. The molecule has 0 spiro atoms. The third-order valence-corrected chi connectivity index (χ3v) is 7.55. The van der Waals surface area contributed by atoms with Crippen molar-refractivity contribution in [2.45, 2.75) is 26.3 Å². The first-order chi connectivity index (χ1) is 19.3. The molecule has 11 nitrogen and oxygen atoms in total. The molecule has 1 saturated heterocycles. The summed E-state index contributed by atoms with van der Waals surface area (Å²) in [5, 5.41) is 25.4. The molecule has 5 aromatic heterocycles. The van der Waals surface area contributed by atoms with Gasteiger partial charge in [-0.25, -0.2) is 18.6 Å². The summed E-state index contributed by atoms with van der Waals surface area (Å²) in [5.41, 5.74) is 4.40. The van der Waals surface area contributed by atoms with E-state index in [0.29, 0.717) is 43.9 Å². The molecular formula is C28H27FN10O. The molecule has 1 aliphatic rings. The van der Waals surface area contributed by atoms with E-state index in [-0.39, 0.29) is 5.91 Å². The molecular weight excluding hydrogens is 511 g/mol. The predicted octanol–water partition coefficient (Wildman–Crippen LogP) is 3.25. The van der Waals surface area contributed by atoms with Gasteiger partial charge in [0.2, 0.25) is 5.91 Å². The summed E-state index contributed by atoms with van der Waals surface area (Å²) in [4.78, 5) is 19.8. The molecule has 12 heteroatoms. The zero-order valence-electron chi connectivity index (χ0n) is 22.1. The van der Waals surface area contributed by atoms with Crippen molar-refractivity contribution < 1.29 is 9.18 Å². The van der Waals surface area contributed by atoms with E-state index in [1.807, 2.05) is 32.4 Å². The Morgan fingerprint density at radius 1 is 1.07 bits per heavy atom. The first-order valence-corrected chi connectivity index (χ1v) is 12.9. The van der Waals surface area contributed by atoms with E-state index < -0.39 is 11.2 Å². The maximum absolute atomic E-state index is 13.3. The summed E-state index contributed by atoms with van der Waals surface area (Å²) in [5.74, 6) is 0.0539. The van der Waals surface area contributed by atoms with Gasteiger partial charge in [-0.05, 0) is 30.5 Å². The number of carbonyl (C=O) groups is 1. The number of aromatic nitrogens is 7. The zero-order chi connectivity index (χ0) is 27.9. The maximum Gasteiger partial charge on any atom is 0.226 e. The van der Waals surface area contributed by atoms with Crippen LogP contribution in [0.15, 0.2) is 61.6 Å². The Morgan fingerprint density at radius 3 is 2.55 bits per heavy atom. The Morgan fingerprint density at radius 2 is 1.90 bits per heavy atom. The molecule has 0 saturated carbocycles. The SMILES string of the molecule is Cn1cc(-c2cc(N3CCC(C)(C(=O)NCc4ccc(-n5cc(F)cn5)nc4)CC3)c3c(C#N)cnn3c2)cn1. The Labute approximate surface area is 229 Å². The van der Waals surface area contributed by atoms with Gasteiger partial charge in [0.1, 0.15) is 11.6 Å². The molecule has 0 atom stereocenters. The first kappa shape index (κ1) is 25.2. The third-order valence-electron chi connectivity index (χ3n) is 7.55. The Kier molecular flexibility index (Phi) is 6.26. The Bertz CT molecular complexity index is 1730. The van der Waals surface area contributed by atoms with Crippen LogP contribution in [0.25, 0.3) is 22.5 Å². The van der Waals surface area contributed by atoms with Crippen LogP contribution in [0.1, 0.15) is 30.9 Å². The summed E-state index contributed by atoms with van der Waals surface area (Å²) in [7, 11) is 1.87. The van der Waals surface area contributed by atoms with Gasteiger partial charge in [0, 0.05) is 61.8 Å². The number of aryl methyl sites for hydroxylation is 1. The standard InChI is InChI=1S/C28H27FN10O/c1-28(27(40)32-12-19-3-4-25(31-11-19)38-18-23(29)15-35-38)5-7-37(8-6-28)24-9-20(22-14-33-36(2)16-22)17-39-26(24)21(10-30)13-34-39/h3-4,9,11,13-18H,5-8,12H2,1-2H3,(H,32,40). The fourth-order valence-corrected chi connectivity index (χ4v) is 5.10. The number of hydrogen-bond donors (Lipinski definition) is 1. The highest BCUT2D eigenvalue weighted by molar-refractivity contribution is 5.85. The lowest BCUT2D eigenvalue weighted by molar-refractivity contribution is -0.131. The number of anilines is 1. The van der Waals surface area contributed by atoms with Gasteiger partial charge in [0.15, 0.2) is 11.6 Å². The Balaban J connectivity index is 1.15. The van der Waals surface area contributed by atoms with E-state index in [1.54, 1.807) is 33.9 Å². The van der Waals surface area contributed by atoms with Crippen molar-refractivity contribution in [3.63, 3.8) is 0 Å². The molecule has 1 fully saturated rings. The molecule has 6 rings (SSSR count). The van der Waals surface area contributed by atoms with Gasteiger partial charge in [-0.3, -0.25) is 9.48 Å². The molecule has 0 aromatic carbocycles. The molecule has 1 N–H and O–H groups in total. The molecule has 1 aliphatic heterocycles. The van der Waals surface area contributed by atoms with Crippen molar-refractivity contribution in [2.75, 3.05) is 18.0 Å². The smallest absolute Gasteiger partial charge is 0.226 e. The number of nitrogens with one attached hydrogen (secondary N) is 1. The quantitative estimate of drug-likeness (QED) is 0.352. The number of piperidine rings is 1. The minimum atomic E-state index is -0.536. The lowest BCUT2D eigenvalue weighted by Gasteiger charge is -2.39. The molecule has 5 aromatic rings. The summed E-state index contributed by atoms with van der Waals surface area (Å²) < 4.78 is 18.1. The van der Waals surface area contributed by atoms with E-state index in [9.17, 15) is 14.4 Å². The number of rotatable bonds is 6. The topological polar surface area (TPSA) is 122 Å². The largest absolute Gasteiger partial charge is 0.370 e. The summed E-state index contributed by atoms with van der Waals surface area (Å²) in [6, 6.07) is 7.91. The predicted molar refractivity (Wildman–Crippen MR) is 145 cm³/mol. The van der Waals surface area contributed by atoms with Crippen LogP contribution in [0.5, 0.6) is 0 Å². The molecule has 6 heterocycles. The first-order valence-electron chi connectivity index (χ1n) is 12.9. The van der Waals surface area contributed by atoms with Crippen LogP contribution in [0.2, 0.25) is 0 Å². The molecule has 1 amide bonds. The van der Waals surface area contributed by atoms with E-state index >= 15 is 0 Å². The van der Waals surface area contributed by atoms with E-state index in [0.717, 1.165) is 34.1 Å². The number of hydrogen-bond acceptors (Lipinski definition) is 7. The van der Waals surface area contributed by atoms with Crippen LogP contribution in [0.3, 0.4) is 0 Å². The molecule has 0 aliphatic carbocycles. The van der Waals surface area contributed by atoms with E-state index in [1.165, 1.54) is 10.9 Å². The summed E-state index contributed by atoms with van der Waals surface area (Å²) in [6.45, 7) is 3.65. The molecule has 0 unspecified atom stereocenters. The number of fused-ring (bicyclic) bond motifs is 1. The number of nitrogens with zero attached hydrogens (tertiary/aromatic N) is 9. The maximum atomic E-state index is 13.3. The van der Waals surface area contributed by atoms with Crippen molar-refractivity contribution in [2.24, 2.45) is 12.5 Å². The zero-order valence-corrected chi connectivity index (χ0v) is 22.1. The fourth-order valence-electron chi connectivity index (χ4n) is 5.10.